The molecule has 0 unspecified atom stereocenters. The van der Waals surface area contributed by atoms with Crippen molar-refractivity contribution >= 4 is 0 Å². The van der Waals surface area contributed by atoms with Gasteiger partial charge in [0.2, 0.25) is 0 Å². The van der Waals surface area contributed by atoms with Crippen LogP contribution in [0.3, 0.4) is 0 Å². The van der Waals surface area contributed by atoms with Crippen molar-refractivity contribution in [3.8, 4) is 34.5 Å². The summed E-state index contributed by atoms with van der Waals surface area (Å²) in [7, 11) is 0. The molecule has 0 aromatic heterocycles. The summed E-state index contributed by atoms with van der Waals surface area (Å²) >= 11 is 0. The van der Waals surface area contributed by atoms with Crippen LogP contribution in [-0.4, -0.2) is 23.4 Å². The number of ether oxygens (including phenoxy) is 3. The minimum atomic E-state index is 0.0875. The highest BCUT2D eigenvalue weighted by Crippen LogP contribution is 2.36. The summed E-state index contributed by atoms with van der Waals surface area (Å²) in [5, 5.41) is 19.9. The molecule has 2 aromatic carbocycles. The number of phenolic OH excluding ortho intramolecular Hbond substituents is 2. The molecular weight excluding hydrogens is 344 g/mol. The van der Waals surface area contributed by atoms with Crippen LogP contribution in [0.25, 0.3) is 0 Å². The summed E-state index contributed by atoms with van der Waals surface area (Å²) in [6.45, 7) is 5.37. The molecule has 0 amide bonds. The van der Waals surface area contributed by atoms with Crippen molar-refractivity contribution in [1.82, 2.24) is 0 Å². The lowest BCUT2D eigenvalue weighted by molar-refractivity contribution is 0.287. The van der Waals surface area contributed by atoms with Gasteiger partial charge in [0, 0.05) is 12.1 Å². The van der Waals surface area contributed by atoms with Gasteiger partial charge < -0.3 is 24.4 Å². The van der Waals surface area contributed by atoms with E-state index in [1.807, 2.05) is 0 Å². The molecule has 0 spiro atoms. The van der Waals surface area contributed by atoms with Gasteiger partial charge in [-0.25, -0.2) is 0 Å². The topological polar surface area (TPSA) is 68.2 Å². The van der Waals surface area contributed by atoms with Crippen molar-refractivity contribution < 1.29 is 24.4 Å². The van der Waals surface area contributed by atoms with E-state index in [0.717, 1.165) is 38.5 Å². The summed E-state index contributed by atoms with van der Waals surface area (Å²) in [5.74, 6) is 2.06. The first-order valence-corrected chi connectivity index (χ1v) is 9.73. The molecule has 2 N–H and O–H groups in total. The predicted octanol–water partition coefficient (Wildman–Crippen LogP) is 6.03. The van der Waals surface area contributed by atoms with E-state index in [1.165, 1.54) is 0 Å². The molecule has 0 fully saturated rings. The van der Waals surface area contributed by atoms with Gasteiger partial charge in [-0.3, -0.25) is 0 Å². The van der Waals surface area contributed by atoms with Crippen LogP contribution >= 0.6 is 0 Å². The van der Waals surface area contributed by atoms with Crippen LogP contribution in [0.1, 0.15) is 52.4 Å². The van der Waals surface area contributed by atoms with E-state index in [4.69, 9.17) is 14.2 Å². The van der Waals surface area contributed by atoms with Crippen molar-refractivity contribution in [3.63, 3.8) is 0 Å². The van der Waals surface area contributed by atoms with Crippen LogP contribution in [0.5, 0.6) is 34.5 Å². The number of aromatic hydroxyl groups is 2. The van der Waals surface area contributed by atoms with Crippen molar-refractivity contribution in [3.05, 3.63) is 36.4 Å². The fourth-order valence-corrected chi connectivity index (χ4v) is 2.55. The van der Waals surface area contributed by atoms with Gasteiger partial charge in [0.25, 0.3) is 0 Å². The number of rotatable bonds is 12. The highest BCUT2D eigenvalue weighted by molar-refractivity contribution is 5.48. The Hall–Kier alpha value is -2.56. The van der Waals surface area contributed by atoms with Crippen molar-refractivity contribution in [2.24, 2.45) is 0 Å². The smallest absolute Gasteiger partial charge is 0.164 e. The average molecular weight is 374 g/mol. The number of benzene rings is 2. The van der Waals surface area contributed by atoms with E-state index in [1.54, 1.807) is 36.4 Å². The lowest BCUT2D eigenvalue weighted by Gasteiger charge is -2.13. The third-order valence-electron chi connectivity index (χ3n) is 4.11. The maximum Gasteiger partial charge on any atom is 0.164 e. The molecule has 27 heavy (non-hydrogen) atoms. The maximum absolute atomic E-state index is 9.95. The summed E-state index contributed by atoms with van der Waals surface area (Å²) in [4.78, 5) is 0. The Morgan fingerprint density at radius 3 is 1.52 bits per heavy atom. The van der Waals surface area contributed by atoms with Crippen LogP contribution in [0.15, 0.2) is 36.4 Å². The maximum atomic E-state index is 9.95. The summed E-state index contributed by atoms with van der Waals surface area (Å²) in [5.41, 5.74) is 0. The van der Waals surface area contributed by atoms with Crippen LogP contribution in [0.2, 0.25) is 0 Å². The first-order chi connectivity index (χ1) is 13.1. The van der Waals surface area contributed by atoms with Gasteiger partial charge in [-0.05, 0) is 37.1 Å². The van der Waals surface area contributed by atoms with Crippen molar-refractivity contribution in [2.45, 2.75) is 52.4 Å². The molecule has 2 aromatic rings. The zero-order valence-corrected chi connectivity index (χ0v) is 16.2. The Morgan fingerprint density at radius 2 is 1.11 bits per heavy atom. The second kappa shape index (κ2) is 11.2. The van der Waals surface area contributed by atoms with Crippen LogP contribution in [0.4, 0.5) is 0 Å². The van der Waals surface area contributed by atoms with Gasteiger partial charge in [0.05, 0.1) is 13.2 Å². The Morgan fingerprint density at radius 1 is 0.667 bits per heavy atom. The van der Waals surface area contributed by atoms with E-state index < -0.39 is 0 Å². The Kier molecular flexibility index (Phi) is 8.62. The fourth-order valence-electron chi connectivity index (χ4n) is 2.55. The van der Waals surface area contributed by atoms with Crippen LogP contribution in [0, 0.1) is 0 Å². The van der Waals surface area contributed by atoms with Crippen molar-refractivity contribution in [2.75, 3.05) is 13.2 Å². The Labute approximate surface area is 161 Å². The molecule has 5 nitrogen and oxygen atoms in total. The molecule has 0 aliphatic carbocycles. The number of hydrogen-bond acceptors (Lipinski definition) is 5. The fraction of sp³-hybridized carbons (Fsp3) is 0.455. The number of unbranched alkanes of at least 4 members (excludes halogenated alkanes) is 4. The monoisotopic (exact) mass is 374 g/mol. The molecule has 0 radical (unpaired) electrons. The molecule has 0 bridgehead atoms. The minimum Gasteiger partial charge on any atom is -0.504 e. The molecule has 0 heterocycles. The molecule has 148 valence electrons. The second-order valence-corrected chi connectivity index (χ2v) is 6.47. The normalized spacial score (nSPS) is 10.6. The molecule has 0 aliphatic heterocycles. The van der Waals surface area contributed by atoms with Gasteiger partial charge in [0.1, 0.15) is 11.5 Å². The minimum absolute atomic E-state index is 0.0875. The lowest BCUT2D eigenvalue weighted by atomic mass is 10.2. The third-order valence-corrected chi connectivity index (χ3v) is 4.11. The Bertz CT molecular complexity index is 640. The molecule has 2 rings (SSSR count). The third kappa shape index (κ3) is 6.93. The first kappa shape index (κ1) is 20.7. The van der Waals surface area contributed by atoms with E-state index in [2.05, 4.69) is 13.8 Å². The zero-order chi connectivity index (χ0) is 19.5. The molecule has 0 saturated heterocycles. The number of phenols is 2. The summed E-state index contributed by atoms with van der Waals surface area (Å²) < 4.78 is 17.1. The second-order valence-electron chi connectivity index (χ2n) is 6.47. The highest BCUT2D eigenvalue weighted by atomic mass is 16.5. The van der Waals surface area contributed by atoms with Crippen molar-refractivity contribution in [1.29, 1.82) is 0 Å². The lowest BCUT2D eigenvalue weighted by Crippen LogP contribution is -1.98. The molecule has 5 heteroatoms. The summed E-state index contributed by atoms with van der Waals surface area (Å²) in [6.07, 6.45) is 6.29. The average Bonchev–Trinajstić information content (AvgIpc) is 2.67. The largest absolute Gasteiger partial charge is 0.504 e. The van der Waals surface area contributed by atoms with E-state index in [0.29, 0.717) is 36.2 Å². The predicted molar refractivity (Wildman–Crippen MR) is 106 cm³/mol. The van der Waals surface area contributed by atoms with Gasteiger partial charge in [-0.15, -0.1) is 0 Å². The SMILES string of the molecule is CCCCCOc1cc(Oc2ccc(O)c(OCCCCC)c2)ccc1O. The zero-order valence-electron chi connectivity index (χ0n) is 16.2. The van der Waals surface area contributed by atoms with E-state index in [-0.39, 0.29) is 11.5 Å². The molecule has 0 saturated carbocycles. The van der Waals surface area contributed by atoms with E-state index in [9.17, 15) is 10.2 Å². The van der Waals surface area contributed by atoms with Crippen LogP contribution in [-0.2, 0) is 0 Å². The van der Waals surface area contributed by atoms with Gasteiger partial charge in [-0.1, -0.05) is 39.5 Å². The quantitative estimate of drug-likeness (QED) is 0.444. The van der Waals surface area contributed by atoms with E-state index >= 15 is 0 Å². The van der Waals surface area contributed by atoms with Gasteiger partial charge in [-0.2, -0.15) is 0 Å². The van der Waals surface area contributed by atoms with Gasteiger partial charge >= 0.3 is 0 Å². The summed E-state index contributed by atoms with van der Waals surface area (Å²) in [6, 6.07) is 9.76. The highest BCUT2D eigenvalue weighted by Gasteiger charge is 2.09. The number of hydrogen-bond donors (Lipinski definition) is 2. The Balaban J connectivity index is 2.01. The van der Waals surface area contributed by atoms with Gasteiger partial charge in [0.15, 0.2) is 23.0 Å². The first-order valence-electron chi connectivity index (χ1n) is 9.73. The molecular formula is C22H30O5. The van der Waals surface area contributed by atoms with Crippen LogP contribution < -0.4 is 14.2 Å². The standard InChI is InChI=1S/C22H30O5/c1-3-5-7-13-25-21-15-17(9-11-19(21)23)27-18-10-12-20(24)22(16-18)26-14-8-6-4-2/h9-12,15-16,23-24H,3-8,13-14H2,1-2H3. The molecule has 0 aliphatic rings. The molecule has 0 atom stereocenters.